The third-order valence-electron chi connectivity index (χ3n) is 4.96. The summed E-state index contributed by atoms with van der Waals surface area (Å²) in [5, 5.41) is 6.19. The molecule has 3 aromatic rings. The molecule has 2 unspecified atom stereocenters. The number of benzene rings is 3. The number of carbonyl (C=O) groups excluding carboxylic acids is 2. The minimum atomic E-state index is -0.482. The van der Waals surface area contributed by atoms with Crippen LogP contribution in [0.1, 0.15) is 41.4 Å². The summed E-state index contributed by atoms with van der Waals surface area (Å²) in [5.41, 5.74) is 2.51. The number of amides is 1. The molecule has 0 saturated heterocycles. The Bertz CT molecular complexity index is 1020. The molecule has 5 heteroatoms. The fourth-order valence-electron chi connectivity index (χ4n) is 3.34. The highest BCUT2D eigenvalue weighted by atomic mass is 16.5. The highest BCUT2D eigenvalue weighted by Crippen LogP contribution is 2.25. The Balaban J connectivity index is 1.72. The van der Waals surface area contributed by atoms with Crippen LogP contribution in [-0.2, 0) is 4.79 Å². The Hall–Kier alpha value is -3.44. The Labute approximate surface area is 177 Å². The standard InChI is InChI=1S/C25H26N2O3/c1-17(20-13-8-10-16-23(20)30-3)26-18(2)25(29)27-22-15-9-7-14-21(22)24(28)19-11-5-4-6-12-19/h4-18,26H,1-3H3,(H,27,29). The molecule has 0 radical (unpaired) electrons. The van der Waals surface area contributed by atoms with Crippen molar-refractivity contribution in [2.75, 3.05) is 12.4 Å². The van der Waals surface area contributed by atoms with Gasteiger partial charge in [0.25, 0.3) is 0 Å². The Morgan fingerprint density at radius 3 is 2.20 bits per heavy atom. The van der Waals surface area contributed by atoms with Crippen molar-refractivity contribution in [2.24, 2.45) is 0 Å². The summed E-state index contributed by atoms with van der Waals surface area (Å²) in [4.78, 5) is 25.7. The first-order chi connectivity index (χ1) is 14.5. The number of para-hydroxylation sites is 2. The number of hydrogen-bond acceptors (Lipinski definition) is 4. The second kappa shape index (κ2) is 9.85. The predicted molar refractivity (Wildman–Crippen MR) is 119 cm³/mol. The normalized spacial score (nSPS) is 12.6. The molecule has 2 N–H and O–H groups in total. The van der Waals surface area contributed by atoms with E-state index in [1.54, 1.807) is 50.4 Å². The number of carbonyl (C=O) groups is 2. The highest BCUT2D eigenvalue weighted by molar-refractivity contribution is 6.14. The molecule has 0 heterocycles. The largest absolute Gasteiger partial charge is 0.496 e. The van der Waals surface area contributed by atoms with Crippen molar-refractivity contribution in [1.82, 2.24) is 5.32 Å². The molecule has 0 aliphatic heterocycles. The lowest BCUT2D eigenvalue weighted by Crippen LogP contribution is -2.39. The zero-order valence-corrected chi connectivity index (χ0v) is 17.4. The van der Waals surface area contributed by atoms with Crippen LogP contribution in [0, 0.1) is 0 Å². The topological polar surface area (TPSA) is 67.4 Å². The molecule has 3 rings (SSSR count). The van der Waals surface area contributed by atoms with Gasteiger partial charge >= 0.3 is 0 Å². The van der Waals surface area contributed by atoms with Crippen LogP contribution < -0.4 is 15.4 Å². The van der Waals surface area contributed by atoms with Crippen LogP contribution in [0.15, 0.2) is 78.9 Å². The highest BCUT2D eigenvalue weighted by Gasteiger charge is 2.20. The minimum absolute atomic E-state index is 0.0944. The van der Waals surface area contributed by atoms with Gasteiger partial charge in [-0.25, -0.2) is 0 Å². The van der Waals surface area contributed by atoms with E-state index in [9.17, 15) is 9.59 Å². The van der Waals surface area contributed by atoms with Crippen molar-refractivity contribution in [3.05, 3.63) is 95.6 Å². The molecule has 0 aliphatic rings. The predicted octanol–water partition coefficient (Wildman–Crippen LogP) is 4.60. The van der Waals surface area contributed by atoms with E-state index in [1.807, 2.05) is 49.4 Å². The molecule has 0 aliphatic carbocycles. The van der Waals surface area contributed by atoms with E-state index < -0.39 is 6.04 Å². The number of rotatable bonds is 8. The summed E-state index contributed by atoms with van der Waals surface area (Å²) < 4.78 is 5.41. The van der Waals surface area contributed by atoms with Crippen molar-refractivity contribution in [3.8, 4) is 5.75 Å². The van der Waals surface area contributed by atoms with Crippen LogP contribution >= 0.6 is 0 Å². The first-order valence-electron chi connectivity index (χ1n) is 9.90. The molecule has 5 nitrogen and oxygen atoms in total. The number of ether oxygens (including phenoxy) is 1. The van der Waals surface area contributed by atoms with E-state index in [0.717, 1.165) is 11.3 Å². The van der Waals surface area contributed by atoms with E-state index in [1.165, 1.54) is 0 Å². The second-order valence-electron chi connectivity index (χ2n) is 7.08. The first-order valence-corrected chi connectivity index (χ1v) is 9.90. The number of hydrogen-bond donors (Lipinski definition) is 2. The van der Waals surface area contributed by atoms with Crippen LogP contribution in [0.2, 0.25) is 0 Å². The Morgan fingerprint density at radius 1 is 0.833 bits per heavy atom. The van der Waals surface area contributed by atoms with Gasteiger partial charge in [-0.1, -0.05) is 60.7 Å². The van der Waals surface area contributed by atoms with E-state index >= 15 is 0 Å². The molecule has 0 bridgehead atoms. The maximum absolute atomic E-state index is 12.9. The average Bonchev–Trinajstić information content (AvgIpc) is 2.79. The lowest BCUT2D eigenvalue weighted by molar-refractivity contribution is -0.117. The number of methoxy groups -OCH3 is 1. The molecule has 2 atom stereocenters. The fraction of sp³-hybridized carbons (Fsp3) is 0.200. The number of anilines is 1. The maximum Gasteiger partial charge on any atom is 0.241 e. The van der Waals surface area contributed by atoms with Crippen LogP contribution in [0.3, 0.4) is 0 Å². The summed E-state index contributed by atoms with van der Waals surface area (Å²) in [6.07, 6.45) is 0. The maximum atomic E-state index is 12.9. The summed E-state index contributed by atoms with van der Waals surface area (Å²) in [6.45, 7) is 3.78. The second-order valence-corrected chi connectivity index (χ2v) is 7.08. The molecule has 0 saturated carbocycles. The van der Waals surface area contributed by atoms with Crippen molar-refractivity contribution >= 4 is 17.4 Å². The van der Waals surface area contributed by atoms with Gasteiger partial charge < -0.3 is 10.1 Å². The summed E-state index contributed by atoms with van der Waals surface area (Å²) in [6, 6.07) is 23.2. The Kier molecular flexibility index (Phi) is 6.99. The van der Waals surface area contributed by atoms with Gasteiger partial charge in [0.05, 0.1) is 18.8 Å². The van der Waals surface area contributed by atoms with E-state index in [-0.39, 0.29) is 17.7 Å². The monoisotopic (exact) mass is 402 g/mol. The van der Waals surface area contributed by atoms with Crippen molar-refractivity contribution in [2.45, 2.75) is 25.9 Å². The SMILES string of the molecule is COc1ccccc1C(C)NC(C)C(=O)Nc1ccccc1C(=O)c1ccccc1. The smallest absolute Gasteiger partial charge is 0.241 e. The van der Waals surface area contributed by atoms with Gasteiger partial charge in [-0.05, 0) is 32.0 Å². The zero-order chi connectivity index (χ0) is 21.5. The molecular formula is C25H26N2O3. The minimum Gasteiger partial charge on any atom is -0.496 e. The Morgan fingerprint density at radius 2 is 1.47 bits per heavy atom. The lowest BCUT2D eigenvalue weighted by Gasteiger charge is -2.22. The van der Waals surface area contributed by atoms with Gasteiger partial charge in [0.1, 0.15) is 5.75 Å². The van der Waals surface area contributed by atoms with Crippen LogP contribution in [-0.4, -0.2) is 24.8 Å². The molecule has 3 aromatic carbocycles. The van der Waals surface area contributed by atoms with Crippen LogP contribution in [0.25, 0.3) is 0 Å². The quantitative estimate of drug-likeness (QED) is 0.540. The third-order valence-corrected chi connectivity index (χ3v) is 4.96. The van der Waals surface area contributed by atoms with Crippen LogP contribution in [0.4, 0.5) is 5.69 Å². The van der Waals surface area contributed by atoms with Crippen molar-refractivity contribution in [1.29, 1.82) is 0 Å². The zero-order valence-electron chi connectivity index (χ0n) is 17.4. The van der Waals surface area contributed by atoms with Crippen molar-refractivity contribution in [3.63, 3.8) is 0 Å². The van der Waals surface area contributed by atoms with Crippen molar-refractivity contribution < 1.29 is 14.3 Å². The van der Waals surface area contributed by atoms with Gasteiger partial charge in [0.15, 0.2) is 5.78 Å². The lowest BCUT2D eigenvalue weighted by atomic mass is 10.0. The molecule has 154 valence electrons. The molecular weight excluding hydrogens is 376 g/mol. The van der Waals surface area contributed by atoms with Gasteiger partial charge in [0.2, 0.25) is 5.91 Å². The molecule has 30 heavy (non-hydrogen) atoms. The number of ketones is 1. The van der Waals surface area contributed by atoms with Gasteiger partial charge in [-0.3, -0.25) is 14.9 Å². The molecule has 1 amide bonds. The average molecular weight is 402 g/mol. The summed E-state index contributed by atoms with van der Waals surface area (Å²) >= 11 is 0. The van der Waals surface area contributed by atoms with E-state index in [4.69, 9.17) is 4.74 Å². The molecule has 0 spiro atoms. The first kappa shape index (κ1) is 21.3. The van der Waals surface area contributed by atoms with Gasteiger partial charge in [-0.15, -0.1) is 0 Å². The van der Waals surface area contributed by atoms with Gasteiger partial charge in [-0.2, -0.15) is 0 Å². The number of nitrogens with one attached hydrogen (secondary N) is 2. The summed E-state index contributed by atoms with van der Waals surface area (Å²) in [5.74, 6) is 0.420. The van der Waals surface area contributed by atoms with E-state index in [0.29, 0.717) is 16.8 Å². The van der Waals surface area contributed by atoms with Crippen LogP contribution in [0.5, 0.6) is 5.75 Å². The molecule has 0 aromatic heterocycles. The summed E-state index contributed by atoms with van der Waals surface area (Å²) in [7, 11) is 1.63. The third kappa shape index (κ3) is 4.93. The van der Waals surface area contributed by atoms with E-state index in [2.05, 4.69) is 10.6 Å². The van der Waals surface area contributed by atoms with Gasteiger partial charge in [0, 0.05) is 22.7 Å². The molecule has 0 fully saturated rings. The fourth-order valence-corrected chi connectivity index (χ4v) is 3.34.